The van der Waals surface area contributed by atoms with E-state index < -0.39 is 11.2 Å². The van der Waals surface area contributed by atoms with Crippen LogP contribution in [0.4, 0.5) is 9.59 Å². The van der Waals surface area contributed by atoms with E-state index in [9.17, 15) is 14.4 Å². The van der Waals surface area contributed by atoms with Gasteiger partial charge >= 0.3 is 12.2 Å². The van der Waals surface area contributed by atoms with Crippen LogP contribution < -0.4 is 0 Å². The van der Waals surface area contributed by atoms with E-state index in [1.807, 2.05) is 46.4 Å². The molecule has 178 valence electrons. The Labute approximate surface area is 186 Å². The summed E-state index contributed by atoms with van der Waals surface area (Å²) in [5.41, 5.74) is -0.870. The van der Waals surface area contributed by atoms with Gasteiger partial charge in [0.2, 0.25) is 0 Å². The number of hydrogen-bond donors (Lipinski definition) is 0. The largest absolute Gasteiger partial charge is 0.444 e. The minimum absolute atomic E-state index is 0.0220. The summed E-state index contributed by atoms with van der Waals surface area (Å²) >= 11 is 0. The molecule has 0 saturated carbocycles. The lowest BCUT2D eigenvalue weighted by Gasteiger charge is -2.33. The Hall–Kier alpha value is -1.83. The van der Waals surface area contributed by atoms with Crippen LogP contribution >= 0.6 is 0 Å². The van der Waals surface area contributed by atoms with Crippen LogP contribution in [0.25, 0.3) is 0 Å². The molecular formula is C23H40N2O6. The third kappa shape index (κ3) is 9.46. The molecule has 0 aromatic heterocycles. The van der Waals surface area contributed by atoms with Crippen LogP contribution in [0.5, 0.6) is 0 Å². The van der Waals surface area contributed by atoms with Gasteiger partial charge in [0.25, 0.3) is 0 Å². The van der Waals surface area contributed by atoms with Crippen LogP contribution in [0.3, 0.4) is 0 Å². The highest BCUT2D eigenvalue weighted by atomic mass is 16.6. The van der Waals surface area contributed by atoms with Crippen molar-refractivity contribution in [1.29, 1.82) is 0 Å². The summed E-state index contributed by atoms with van der Waals surface area (Å²) in [6.07, 6.45) is 4.81. The van der Waals surface area contributed by atoms with Crippen LogP contribution in [0, 0.1) is 11.8 Å². The Morgan fingerprint density at radius 3 is 1.81 bits per heavy atom. The number of nitrogens with zero attached hydrogens (tertiary/aromatic N) is 2. The highest BCUT2D eigenvalue weighted by Crippen LogP contribution is 2.29. The number of carbonyl (C=O) groups excluding carboxylic acids is 3. The van der Waals surface area contributed by atoms with E-state index in [-0.39, 0.29) is 18.1 Å². The van der Waals surface area contributed by atoms with Crippen molar-refractivity contribution < 1.29 is 28.6 Å². The summed E-state index contributed by atoms with van der Waals surface area (Å²) in [6, 6.07) is 0. The van der Waals surface area contributed by atoms with E-state index in [1.165, 1.54) is 6.42 Å². The summed E-state index contributed by atoms with van der Waals surface area (Å²) in [5, 5.41) is 0. The van der Waals surface area contributed by atoms with Crippen LogP contribution in [0.2, 0.25) is 0 Å². The van der Waals surface area contributed by atoms with Crippen LogP contribution in [0.15, 0.2) is 0 Å². The van der Waals surface area contributed by atoms with E-state index >= 15 is 0 Å². The third-order valence-electron chi connectivity index (χ3n) is 5.30. The molecule has 0 N–H and O–H groups in total. The lowest BCUT2D eigenvalue weighted by Crippen LogP contribution is -2.44. The van der Waals surface area contributed by atoms with Gasteiger partial charge in [0.15, 0.2) is 0 Å². The molecular weight excluding hydrogens is 400 g/mol. The zero-order valence-electron chi connectivity index (χ0n) is 20.0. The maximum Gasteiger partial charge on any atom is 0.410 e. The molecule has 0 aromatic carbocycles. The van der Waals surface area contributed by atoms with Crippen molar-refractivity contribution in [3.05, 3.63) is 0 Å². The first kappa shape index (κ1) is 25.4. The molecule has 0 radical (unpaired) electrons. The van der Waals surface area contributed by atoms with Crippen molar-refractivity contribution in [3.8, 4) is 0 Å². The monoisotopic (exact) mass is 440 g/mol. The smallest absolute Gasteiger partial charge is 0.410 e. The van der Waals surface area contributed by atoms with E-state index in [4.69, 9.17) is 14.2 Å². The molecule has 3 unspecified atom stereocenters. The zero-order valence-corrected chi connectivity index (χ0v) is 20.0. The Balaban J connectivity index is 0.000000221. The van der Waals surface area contributed by atoms with E-state index in [0.717, 1.165) is 45.2 Å². The number of rotatable bonds is 2. The zero-order chi connectivity index (χ0) is 23.2. The van der Waals surface area contributed by atoms with Gasteiger partial charge in [0, 0.05) is 38.0 Å². The van der Waals surface area contributed by atoms with Gasteiger partial charge in [-0.1, -0.05) is 0 Å². The van der Waals surface area contributed by atoms with Crippen molar-refractivity contribution in [2.45, 2.75) is 84.5 Å². The summed E-state index contributed by atoms with van der Waals surface area (Å²) in [5.74, 6) is 0.493. The normalized spacial score (nSPS) is 26.3. The number of carbonyl (C=O) groups is 3. The molecule has 3 fully saturated rings. The lowest BCUT2D eigenvalue weighted by molar-refractivity contribution is -0.112. The van der Waals surface area contributed by atoms with Crippen LogP contribution in [-0.2, 0) is 19.0 Å². The number of amides is 2. The van der Waals surface area contributed by atoms with Crippen LogP contribution in [0.1, 0.15) is 67.2 Å². The molecule has 3 aliphatic rings. The average Bonchev–Trinajstić information content (AvgIpc) is 3.51. The number of epoxide rings is 1. The fourth-order valence-corrected chi connectivity index (χ4v) is 3.75. The minimum atomic E-state index is -0.467. The highest BCUT2D eigenvalue weighted by molar-refractivity contribution is 5.69. The Bertz CT molecular complexity index is 621. The molecule has 3 aliphatic heterocycles. The quantitative estimate of drug-likeness (QED) is 0.478. The number of aldehydes is 1. The number of piperidine rings is 2. The maximum absolute atomic E-state index is 11.9. The van der Waals surface area contributed by atoms with Gasteiger partial charge in [-0.2, -0.15) is 0 Å². The van der Waals surface area contributed by atoms with Crippen LogP contribution in [-0.4, -0.2) is 78.4 Å². The molecule has 31 heavy (non-hydrogen) atoms. The van der Waals surface area contributed by atoms with Gasteiger partial charge in [-0.25, -0.2) is 9.59 Å². The fourth-order valence-electron chi connectivity index (χ4n) is 3.75. The standard InChI is InChI=1S/C12H21NO3.C11H19NO3/c1-12(2,3)16-11(14)13-6-4-5-9(7-13)10-8-15-10;1-11(2,3)15-10(14)12-6-4-5-9(7-12)8-13/h9-10H,4-8H2,1-3H3;8-9H,4-7H2,1-3H3. The predicted octanol–water partition coefficient (Wildman–Crippen LogP) is 3.86. The first-order chi connectivity index (χ1) is 14.4. The van der Waals surface area contributed by atoms with Crippen molar-refractivity contribution in [3.63, 3.8) is 0 Å². The number of likely N-dealkylation sites (tertiary alicyclic amines) is 2. The van der Waals surface area contributed by atoms with Gasteiger partial charge in [0.1, 0.15) is 17.5 Å². The highest BCUT2D eigenvalue weighted by Gasteiger charge is 2.37. The molecule has 3 heterocycles. The summed E-state index contributed by atoms with van der Waals surface area (Å²) in [7, 11) is 0. The predicted molar refractivity (Wildman–Crippen MR) is 117 cm³/mol. The van der Waals surface area contributed by atoms with Crippen molar-refractivity contribution >= 4 is 18.5 Å². The first-order valence-electron chi connectivity index (χ1n) is 11.4. The maximum atomic E-state index is 11.9. The molecule has 3 rings (SSSR count). The average molecular weight is 441 g/mol. The van der Waals surface area contributed by atoms with Gasteiger partial charge in [-0.05, 0) is 67.2 Å². The molecule has 0 aromatic rings. The number of ether oxygens (including phenoxy) is 3. The SMILES string of the molecule is CC(C)(C)OC(=O)N1CCCC(C2CO2)C1.CC(C)(C)OC(=O)N1CCCC(C=O)C1. The number of hydrogen-bond acceptors (Lipinski definition) is 6. The van der Waals surface area contributed by atoms with Gasteiger partial charge in [-0.15, -0.1) is 0 Å². The van der Waals surface area contributed by atoms with Crippen molar-refractivity contribution in [2.24, 2.45) is 11.8 Å². The molecule has 2 amide bonds. The lowest BCUT2D eigenvalue weighted by atomic mass is 9.95. The van der Waals surface area contributed by atoms with E-state index in [2.05, 4.69) is 0 Å². The second kappa shape index (κ2) is 10.7. The second-order valence-electron chi connectivity index (χ2n) is 10.7. The van der Waals surface area contributed by atoms with Gasteiger partial charge in [-0.3, -0.25) is 0 Å². The molecule has 8 heteroatoms. The molecule has 0 aliphatic carbocycles. The summed E-state index contributed by atoms with van der Waals surface area (Å²) in [6.45, 7) is 14.9. The third-order valence-corrected chi connectivity index (χ3v) is 5.30. The Kier molecular flexibility index (Phi) is 8.74. The van der Waals surface area contributed by atoms with Crippen molar-refractivity contribution in [2.75, 3.05) is 32.8 Å². The molecule has 0 bridgehead atoms. The topological polar surface area (TPSA) is 88.7 Å². The Morgan fingerprint density at radius 1 is 0.871 bits per heavy atom. The molecule has 8 nitrogen and oxygen atoms in total. The molecule has 0 spiro atoms. The fraction of sp³-hybridized carbons (Fsp3) is 0.870. The van der Waals surface area contributed by atoms with Crippen molar-refractivity contribution in [1.82, 2.24) is 9.80 Å². The van der Waals surface area contributed by atoms with Gasteiger partial charge < -0.3 is 28.8 Å². The van der Waals surface area contributed by atoms with Gasteiger partial charge in [0.05, 0.1) is 12.7 Å². The summed E-state index contributed by atoms with van der Waals surface area (Å²) < 4.78 is 15.9. The van der Waals surface area contributed by atoms with E-state index in [0.29, 0.717) is 25.1 Å². The summed E-state index contributed by atoms with van der Waals surface area (Å²) in [4.78, 5) is 37.6. The molecule has 3 saturated heterocycles. The Morgan fingerprint density at radius 2 is 1.35 bits per heavy atom. The molecule has 3 atom stereocenters. The first-order valence-corrected chi connectivity index (χ1v) is 11.4. The minimum Gasteiger partial charge on any atom is -0.444 e. The van der Waals surface area contributed by atoms with E-state index in [1.54, 1.807) is 4.90 Å². The second-order valence-corrected chi connectivity index (χ2v) is 10.7.